The minimum atomic E-state index is -0.0309. The minimum absolute atomic E-state index is 0.0309. The Labute approximate surface area is 127 Å². The second-order valence-electron chi connectivity index (χ2n) is 6.12. The van der Waals surface area contributed by atoms with Crippen molar-refractivity contribution in [3.05, 3.63) is 29.8 Å². The summed E-state index contributed by atoms with van der Waals surface area (Å²) in [6.07, 6.45) is 2.72. The number of hydrogen-bond donors (Lipinski definition) is 2. The van der Waals surface area contributed by atoms with E-state index in [2.05, 4.69) is 34.6 Å². The van der Waals surface area contributed by atoms with E-state index in [1.165, 1.54) is 45.0 Å². The zero-order chi connectivity index (χ0) is 15.1. The number of hydrogen-bond acceptors (Lipinski definition) is 3. The second-order valence-corrected chi connectivity index (χ2v) is 6.12. The van der Waals surface area contributed by atoms with Crippen LogP contribution >= 0.6 is 0 Å². The fraction of sp³-hybridized carbons (Fsp3) is 0.588. The lowest BCUT2D eigenvalue weighted by molar-refractivity contribution is -0.114. The molecule has 1 fully saturated rings. The van der Waals surface area contributed by atoms with E-state index < -0.39 is 0 Å². The molecule has 1 aromatic carbocycles. The summed E-state index contributed by atoms with van der Waals surface area (Å²) in [4.78, 5) is 13.5. The normalized spacial score (nSPS) is 16.9. The molecule has 1 heterocycles. The quantitative estimate of drug-likeness (QED) is 0.810. The molecule has 1 aliphatic heterocycles. The van der Waals surface area contributed by atoms with Crippen molar-refractivity contribution in [2.75, 3.05) is 31.5 Å². The van der Waals surface area contributed by atoms with Gasteiger partial charge in [-0.05, 0) is 56.1 Å². The predicted molar refractivity (Wildman–Crippen MR) is 87.3 cm³/mol. The first kappa shape index (κ1) is 16.0. The van der Waals surface area contributed by atoms with E-state index in [1.807, 2.05) is 12.1 Å². The van der Waals surface area contributed by atoms with Crippen LogP contribution in [0.3, 0.4) is 0 Å². The van der Waals surface area contributed by atoms with Gasteiger partial charge in [0, 0.05) is 25.7 Å². The first-order valence-corrected chi connectivity index (χ1v) is 7.93. The molecule has 0 spiro atoms. The molecule has 1 atom stereocenters. The molecular formula is C17H27N3O. The summed E-state index contributed by atoms with van der Waals surface area (Å²) in [6, 6.07) is 8.02. The van der Waals surface area contributed by atoms with Crippen molar-refractivity contribution >= 4 is 11.6 Å². The molecule has 0 aromatic heterocycles. The van der Waals surface area contributed by atoms with Crippen LogP contribution in [0.25, 0.3) is 0 Å². The van der Waals surface area contributed by atoms with Crippen LogP contribution in [0.4, 0.5) is 5.69 Å². The second kappa shape index (κ2) is 8.15. The first-order chi connectivity index (χ1) is 10.1. The van der Waals surface area contributed by atoms with Gasteiger partial charge >= 0.3 is 0 Å². The van der Waals surface area contributed by atoms with Gasteiger partial charge < -0.3 is 15.5 Å². The Balaban J connectivity index is 1.66. The summed E-state index contributed by atoms with van der Waals surface area (Å²) in [5.74, 6) is 0.651. The van der Waals surface area contributed by atoms with E-state index in [9.17, 15) is 4.79 Å². The van der Waals surface area contributed by atoms with Crippen LogP contribution < -0.4 is 10.6 Å². The molecule has 1 amide bonds. The Morgan fingerprint density at radius 3 is 2.52 bits per heavy atom. The third-order valence-corrected chi connectivity index (χ3v) is 3.86. The molecule has 1 aliphatic rings. The Morgan fingerprint density at radius 2 is 1.90 bits per heavy atom. The van der Waals surface area contributed by atoms with Gasteiger partial charge in [0.2, 0.25) is 5.91 Å². The van der Waals surface area contributed by atoms with Gasteiger partial charge in [-0.2, -0.15) is 0 Å². The molecule has 116 valence electrons. The molecule has 0 bridgehead atoms. The molecule has 4 nitrogen and oxygen atoms in total. The van der Waals surface area contributed by atoms with E-state index in [0.717, 1.165) is 18.8 Å². The van der Waals surface area contributed by atoms with Gasteiger partial charge in [-0.1, -0.05) is 19.1 Å². The smallest absolute Gasteiger partial charge is 0.221 e. The van der Waals surface area contributed by atoms with Crippen molar-refractivity contribution in [2.45, 2.75) is 33.2 Å². The monoisotopic (exact) mass is 289 g/mol. The fourth-order valence-corrected chi connectivity index (χ4v) is 2.84. The number of anilines is 1. The van der Waals surface area contributed by atoms with Crippen molar-refractivity contribution in [2.24, 2.45) is 5.92 Å². The van der Waals surface area contributed by atoms with E-state index in [-0.39, 0.29) is 5.91 Å². The summed E-state index contributed by atoms with van der Waals surface area (Å²) in [5, 5.41) is 6.30. The molecule has 0 aliphatic carbocycles. The lowest BCUT2D eigenvalue weighted by Gasteiger charge is -2.20. The summed E-state index contributed by atoms with van der Waals surface area (Å²) < 4.78 is 0. The number of carbonyl (C=O) groups is 1. The zero-order valence-electron chi connectivity index (χ0n) is 13.2. The molecule has 2 rings (SSSR count). The van der Waals surface area contributed by atoms with Crippen LogP contribution in [-0.4, -0.2) is 37.0 Å². The molecular weight excluding hydrogens is 262 g/mol. The van der Waals surface area contributed by atoms with Crippen molar-refractivity contribution in [1.82, 2.24) is 10.2 Å². The lowest BCUT2D eigenvalue weighted by Crippen LogP contribution is -2.31. The third-order valence-electron chi connectivity index (χ3n) is 3.86. The highest BCUT2D eigenvalue weighted by atomic mass is 16.1. The van der Waals surface area contributed by atoms with E-state index in [1.54, 1.807) is 0 Å². The molecule has 4 heteroatoms. The van der Waals surface area contributed by atoms with Crippen LogP contribution in [0, 0.1) is 5.92 Å². The molecule has 21 heavy (non-hydrogen) atoms. The Hall–Kier alpha value is -1.39. The maximum atomic E-state index is 11.0. The Bertz CT molecular complexity index is 438. The number of benzene rings is 1. The third kappa shape index (κ3) is 5.86. The van der Waals surface area contributed by atoms with Gasteiger partial charge in [0.05, 0.1) is 0 Å². The van der Waals surface area contributed by atoms with Crippen LogP contribution in [0.2, 0.25) is 0 Å². The van der Waals surface area contributed by atoms with Gasteiger partial charge in [0.15, 0.2) is 0 Å². The molecule has 1 saturated heterocycles. The Morgan fingerprint density at radius 1 is 1.24 bits per heavy atom. The van der Waals surface area contributed by atoms with Crippen molar-refractivity contribution in [3.63, 3.8) is 0 Å². The number of likely N-dealkylation sites (tertiary alicyclic amines) is 1. The number of amides is 1. The molecule has 2 N–H and O–H groups in total. The van der Waals surface area contributed by atoms with Gasteiger partial charge in [0.25, 0.3) is 0 Å². The molecule has 1 aromatic rings. The highest BCUT2D eigenvalue weighted by molar-refractivity contribution is 5.88. The number of nitrogens with zero attached hydrogens (tertiary/aromatic N) is 1. The lowest BCUT2D eigenvalue weighted by atomic mass is 10.1. The van der Waals surface area contributed by atoms with Crippen molar-refractivity contribution < 1.29 is 4.79 Å². The summed E-state index contributed by atoms with van der Waals surface area (Å²) in [5.41, 5.74) is 2.10. The van der Waals surface area contributed by atoms with Crippen LogP contribution in [0.15, 0.2) is 24.3 Å². The van der Waals surface area contributed by atoms with Gasteiger partial charge in [0.1, 0.15) is 0 Å². The largest absolute Gasteiger partial charge is 0.326 e. The maximum absolute atomic E-state index is 11.0. The summed E-state index contributed by atoms with van der Waals surface area (Å²) in [7, 11) is 0. The summed E-state index contributed by atoms with van der Waals surface area (Å²) >= 11 is 0. The highest BCUT2D eigenvalue weighted by Gasteiger charge is 2.14. The minimum Gasteiger partial charge on any atom is -0.326 e. The number of carbonyl (C=O) groups excluding carboxylic acids is 1. The van der Waals surface area contributed by atoms with Crippen molar-refractivity contribution in [1.29, 1.82) is 0 Å². The van der Waals surface area contributed by atoms with Gasteiger partial charge in [-0.3, -0.25) is 4.79 Å². The SMILES string of the molecule is CC(=O)Nc1ccc(CNCC(C)CN2CCCC2)cc1. The zero-order valence-corrected chi connectivity index (χ0v) is 13.2. The molecule has 0 saturated carbocycles. The standard InChI is InChI=1S/C17H27N3O/c1-14(13-20-9-3-4-10-20)11-18-12-16-5-7-17(8-6-16)19-15(2)21/h5-8,14,18H,3-4,9-13H2,1-2H3,(H,19,21). The Kier molecular flexibility index (Phi) is 6.21. The molecule has 0 radical (unpaired) electrons. The van der Waals surface area contributed by atoms with E-state index in [0.29, 0.717) is 5.92 Å². The predicted octanol–water partition coefficient (Wildman–Crippen LogP) is 2.47. The molecule has 1 unspecified atom stereocenters. The highest BCUT2D eigenvalue weighted by Crippen LogP contribution is 2.11. The first-order valence-electron chi connectivity index (χ1n) is 7.93. The fourth-order valence-electron chi connectivity index (χ4n) is 2.84. The maximum Gasteiger partial charge on any atom is 0.221 e. The summed E-state index contributed by atoms with van der Waals surface area (Å²) in [6.45, 7) is 9.51. The van der Waals surface area contributed by atoms with Gasteiger partial charge in [-0.15, -0.1) is 0 Å². The van der Waals surface area contributed by atoms with E-state index >= 15 is 0 Å². The average Bonchev–Trinajstić information content (AvgIpc) is 2.93. The van der Waals surface area contributed by atoms with Crippen LogP contribution in [0.1, 0.15) is 32.3 Å². The number of nitrogens with one attached hydrogen (secondary N) is 2. The van der Waals surface area contributed by atoms with Gasteiger partial charge in [-0.25, -0.2) is 0 Å². The van der Waals surface area contributed by atoms with Crippen LogP contribution in [0.5, 0.6) is 0 Å². The topological polar surface area (TPSA) is 44.4 Å². The number of rotatable bonds is 7. The average molecular weight is 289 g/mol. The van der Waals surface area contributed by atoms with Crippen molar-refractivity contribution in [3.8, 4) is 0 Å². The van der Waals surface area contributed by atoms with Crippen LogP contribution in [-0.2, 0) is 11.3 Å². The van der Waals surface area contributed by atoms with E-state index in [4.69, 9.17) is 0 Å².